The molecule has 3 aromatic rings. The van der Waals surface area contributed by atoms with Crippen LogP contribution in [0.1, 0.15) is 39.6 Å². The number of aromatic nitrogens is 1. The van der Waals surface area contributed by atoms with Crippen LogP contribution in [-0.4, -0.2) is 23.4 Å². The lowest BCUT2D eigenvalue weighted by Gasteiger charge is -2.11. The van der Waals surface area contributed by atoms with Gasteiger partial charge in [0, 0.05) is 29.4 Å². The van der Waals surface area contributed by atoms with Gasteiger partial charge < -0.3 is 20.5 Å². The SMILES string of the molecule is CCCOc1ncccc1CNC(=O)c1ccc(Oc2ccc(C(N)=O)cc2)cc1. The molecular formula is C23H23N3O4. The number of nitrogens with one attached hydrogen (secondary N) is 1. The van der Waals surface area contributed by atoms with Crippen molar-refractivity contribution in [1.82, 2.24) is 10.3 Å². The molecule has 0 unspecified atom stereocenters. The van der Waals surface area contributed by atoms with E-state index in [1.54, 1.807) is 54.7 Å². The molecule has 3 N–H and O–H groups in total. The highest BCUT2D eigenvalue weighted by molar-refractivity contribution is 5.94. The van der Waals surface area contributed by atoms with Gasteiger partial charge in [0.05, 0.1) is 6.61 Å². The van der Waals surface area contributed by atoms with Crippen molar-refractivity contribution in [2.45, 2.75) is 19.9 Å². The molecule has 7 heteroatoms. The minimum Gasteiger partial charge on any atom is -0.477 e. The third-order valence-electron chi connectivity index (χ3n) is 4.22. The van der Waals surface area contributed by atoms with Gasteiger partial charge in [0.2, 0.25) is 11.8 Å². The Balaban J connectivity index is 1.58. The van der Waals surface area contributed by atoms with Crippen LogP contribution in [0.3, 0.4) is 0 Å². The summed E-state index contributed by atoms with van der Waals surface area (Å²) >= 11 is 0. The lowest BCUT2D eigenvalue weighted by atomic mass is 10.2. The Hall–Kier alpha value is -3.87. The highest BCUT2D eigenvalue weighted by Crippen LogP contribution is 2.22. The topological polar surface area (TPSA) is 104 Å². The van der Waals surface area contributed by atoms with Gasteiger partial charge in [0.1, 0.15) is 11.5 Å². The molecule has 1 aromatic heterocycles. The molecule has 154 valence electrons. The van der Waals surface area contributed by atoms with E-state index in [-0.39, 0.29) is 5.91 Å². The standard InChI is InChI=1S/C23H23N3O4/c1-2-14-29-23-18(4-3-13-25-23)15-26-22(28)17-7-11-20(12-8-17)30-19-9-5-16(6-10-19)21(24)27/h3-13H,2,14-15H2,1H3,(H2,24,27)(H,26,28). The van der Waals surface area contributed by atoms with Gasteiger partial charge in [-0.15, -0.1) is 0 Å². The summed E-state index contributed by atoms with van der Waals surface area (Å²) in [5.41, 5.74) is 6.96. The summed E-state index contributed by atoms with van der Waals surface area (Å²) in [6.45, 7) is 2.91. The van der Waals surface area contributed by atoms with Crippen molar-refractivity contribution >= 4 is 11.8 Å². The number of benzene rings is 2. The van der Waals surface area contributed by atoms with Gasteiger partial charge in [-0.25, -0.2) is 4.98 Å². The number of ether oxygens (including phenoxy) is 2. The number of amides is 2. The number of hydrogen-bond acceptors (Lipinski definition) is 5. The molecule has 0 aliphatic carbocycles. The van der Waals surface area contributed by atoms with Gasteiger partial charge in [-0.3, -0.25) is 9.59 Å². The van der Waals surface area contributed by atoms with Crippen molar-refractivity contribution in [2.24, 2.45) is 5.73 Å². The van der Waals surface area contributed by atoms with Gasteiger partial charge in [-0.1, -0.05) is 13.0 Å². The molecule has 0 aliphatic rings. The molecule has 0 aliphatic heterocycles. The van der Waals surface area contributed by atoms with E-state index in [1.165, 1.54) is 0 Å². The van der Waals surface area contributed by atoms with E-state index < -0.39 is 5.91 Å². The Morgan fingerprint density at radius 2 is 1.60 bits per heavy atom. The number of pyridine rings is 1. The first-order valence-corrected chi connectivity index (χ1v) is 9.59. The van der Waals surface area contributed by atoms with Crippen LogP contribution < -0.4 is 20.5 Å². The van der Waals surface area contributed by atoms with Crippen LogP contribution in [0.5, 0.6) is 17.4 Å². The fourth-order valence-electron chi connectivity index (χ4n) is 2.66. The third kappa shape index (κ3) is 5.57. The highest BCUT2D eigenvalue weighted by atomic mass is 16.5. The zero-order valence-electron chi connectivity index (χ0n) is 16.6. The van der Waals surface area contributed by atoms with E-state index >= 15 is 0 Å². The summed E-state index contributed by atoms with van der Waals surface area (Å²) in [7, 11) is 0. The van der Waals surface area contributed by atoms with Crippen LogP contribution in [-0.2, 0) is 6.54 Å². The average molecular weight is 405 g/mol. The smallest absolute Gasteiger partial charge is 0.251 e. The number of hydrogen-bond donors (Lipinski definition) is 2. The van der Waals surface area contributed by atoms with Crippen molar-refractivity contribution in [2.75, 3.05) is 6.61 Å². The molecule has 0 atom stereocenters. The molecule has 2 aromatic carbocycles. The lowest BCUT2D eigenvalue weighted by Crippen LogP contribution is -2.23. The van der Waals surface area contributed by atoms with Gasteiger partial charge in [0.25, 0.3) is 5.91 Å². The molecule has 0 saturated heterocycles. The van der Waals surface area contributed by atoms with E-state index in [0.29, 0.717) is 41.7 Å². The normalized spacial score (nSPS) is 10.3. The largest absolute Gasteiger partial charge is 0.477 e. The van der Waals surface area contributed by atoms with E-state index in [9.17, 15) is 9.59 Å². The second kappa shape index (κ2) is 10.1. The first-order valence-electron chi connectivity index (χ1n) is 9.59. The zero-order valence-corrected chi connectivity index (χ0v) is 16.6. The molecule has 0 saturated carbocycles. The van der Waals surface area contributed by atoms with Crippen LogP contribution in [0.25, 0.3) is 0 Å². The number of nitrogens with two attached hydrogens (primary N) is 1. The van der Waals surface area contributed by atoms with Crippen LogP contribution in [0.2, 0.25) is 0 Å². The summed E-state index contributed by atoms with van der Waals surface area (Å²) in [5, 5.41) is 2.87. The number of rotatable bonds is 9. The molecule has 0 fully saturated rings. The number of carbonyl (C=O) groups is 2. The first-order chi connectivity index (χ1) is 14.6. The van der Waals surface area contributed by atoms with Crippen LogP contribution in [0.15, 0.2) is 66.9 Å². The van der Waals surface area contributed by atoms with E-state index in [4.69, 9.17) is 15.2 Å². The number of carbonyl (C=O) groups excluding carboxylic acids is 2. The second-order valence-electron chi connectivity index (χ2n) is 6.51. The van der Waals surface area contributed by atoms with Crippen LogP contribution >= 0.6 is 0 Å². The molecule has 0 bridgehead atoms. The van der Waals surface area contributed by atoms with E-state index in [0.717, 1.165) is 12.0 Å². The third-order valence-corrected chi connectivity index (χ3v) is 4.22. The highest BCUT2D eigenvalue weighted by Gasteiger charge is 2.09. The first kappa shape index (κ1) is 20.9. The average Bonchev–Trinajstić information content (AvgIpc) is 2.77. The van der Waals surface area contributed by atoms with Gasteiger partial charge in [0.15, 0.2) is 0 Å². The molecule has 3 rings (SSSR count). The fourth-order valence-corrected chi connectivity index (χ4v) is 2.66. The molecular weight excluding hydrogens is 382 g/mol. The summed E-state index contributed by atoms with van der Waals surface area (Å²) < 4.78 is 11.3. The minimum absolute atomic E-state index is 0.211. The lowest BCUT2D eigenvalue weighted by molar-refractivity contribution is 0.0949. The molecule has 30 heavy (non-hydrogen) atoms. The Labute approximate surface area is 174 Å². The zero-order chi connectivity index (χ0) is 21.3. The minimum atomic E-state index is -0.493. The number of nitrogens with zero attached hydrogens (tertiary/aromatic N) is 1. The second-order valence-corrected chi connectivity index (χ2v) is 6.51. The van der Waals surface area contributed by atoms with Gasteiger partial charge >= 0.3 is 0 Å². The molecule has 7 nitrogen and oxygen atoms in total. The van der Waals surface area contributed by atoms with Crippen molar-refractivity contribution < 1.29 is 19.1 Å². The van der Waals surface area contributed by atoms with Gasteiger partial charge in [-0.2, -0.15) is 0 Å². The predicted octanol–water partition coefficient (Wildman–Crippen LogP) is 3.69. The van der Waals surface area contributed by atoms with Gasteiger partial charge in [-0.05, 0) is 61.0 Å². The Kier molecular flexibility index (Phi) is 7.00. The summed E-state index contributed by atoms with van der Waals surface area (Å²) in [6, 6.07) is 17.0. The quantitative estimate of drug-likeness (QED) is 0.565. The molecule has 1 heterocycles. The Morgan fingerprint density at radius 1 is 0.967 bits per heavy atom. The summed E-state index contributed by atoms with van der Waals surface area (Å²) in [6.07, 6.45) is 2.54. The van der Waals surface area contributed by atoms with E-state index in [2.05, 4.69) is 10.3 Å². The number of primary amides is 1. The summed E-state index contributed by atoms with van der Waals surface area (Å²) in [4.78, 5) is 27.8. The maximum absolute atomic E-state index is 12.5. The van der Waals surface area contributed by atoms with E-state index in [1.807, 2.05) is 19.1 Å². The van der Waals surface area contributed by atoms with Crippen molar-refractivity contribution in [3.63, 3.8) is 0 Å². The molecule has 0 radical (unpaired) electrons. The van der Waals surface area contributed by atoms with Crippen LogP contribution in [0.4, 0.5) is 0 Å². The monoisotopic (exact) mass is 405 g/mol. The predicted molar refractivity (Wildman–Crippen MR) is 113 cm³/mol. The summed E-state index contributed by atoms with van der Waals surface area (Å²) in [5.74, 6) is 0.963. The fraction of sp³-hybridized carbons (Fsp3) is 0.174. The van der Waals surface area contributed by atoms with Crippen molar-refractivity contribution in [3.05, 3.63) is 83.6 Å². The van der Waals surface area contributed by atoms with Crippen molar-refractivity contribution in [1.29, 1.82) is 0 Å². The Morgan fingerprint density at radius 3 is 2.20 bits per heavy atom. The maximum Gasteiger partial charge on any atom is 0.251 e. The molecule has 2 amide bonds. The van der Waals surface area contributed by atoms with Crippen LogP contribution in [0, 0.1) is 0 Å². The maximum atomic E-state index is 12.5. The Bertz CT molecular complexity index is 1000. The molecule has 0 spiro atoms. The van der Waals surface area contributed by atoms with Crippen molar-refractivity contribution in [3.8, 4) is 17.4 Å².